The average molecular weight is 322 g/mol. The maximum atomic E-state index is 11.8. The van der Waals surface area contributed by atoms with Crippen LogP contribution in [0.4, 0.5) is 10.8 Å². The minimum absolute atomic E-state index is 0.0955. The summed E-state index contributed by atoms with van der Waals surface area (Å²) in [6.07, 6.45) is 1.29. The summed E-state index contributed by atoms with van der Waals surface area (Å²) in [6, 6.07) is 19.5. The van der Waals surface area contributed by atoms with E-state index in [2.05, 4.69) is 20.8 Å². The van der Waals surface area contributed by atoms with Crippen molar-refractivity contribution >= 4 is 12.0 Å². The highest BCUT2D eigenvalue weighted by atomic mass is 16.4. The highest BCUT2D eigenvalue weighted by Crippen LogP contribution is 2.10. The van der Waals surface area contributed by atoms with E-state index in [1.165, 1.54) is 5.56 Å². The van der Waals surface area contributed by atoms with Crippen LogP contribution in [0.3, 0.4) is 0 Å². The third kappa shape index (κ3) is 4.67. The molecule has 0 fully saturated rings. The number of benzene rings is 2. The fourth-order valence-electron chi connectivity index (χ4n) is 2.25. The number of anilines is 1. The minimum Gasteiger partial charge on any atom is -0.407 e. The number of rotatable bonds is 6. The standard InChI is InChI=1S/C18H18N4O2/c23-17(19-12-11-14-7-3-1-4-8-14)20-18-22-21-16(24-18)13-15-9-5-2-6-10-15/h1-10H,11-13H2,(H2,19,20,22,23). The highest BCUT2D eigenvalue weighted by molar-refractivity contribution is 5.86. The zero-order valence-corrected chi connectivity index (χ0v) is 13.1. The van der Waals surface area contributed by atoms with Gasteiger partial charge in [-0.1, -0.05) is 65.8 Å². The molecular weight excluding hydrogens is 304 g/mol. The second-order valence-electron chi connectivity index (χ2n) is 5.28. The van der Waals surface area contributed by atoms with Crippen LogP contribution >= 0.6 is 0 Å². The summed E-state index contributed by atoms with van der Waals surface area (Å²) in [5, 5.41) is 13.1. The number of urea groups is 1. The number of carbonyl (C=O) groups is 1. The maximum Gasteiger partial charge on any atom is 0.323 e. The topological polar surface area (TPSA) is 80.0 Å². The molecule has 0 radical (unpaired) electrons. The maximum absolute atomic E-state index is 11.8. The second-order valence-corrected chi connectivity index (χ2v) is 5.28. The summed E-state index contributed by atoms with van der Waals surface area (Å²) in [4.78, 5) is 11.8. The van der Waals surface area contributed by atoms with Crippen molar-refractivity contribution in [2.45, 2.75) is 12.8 Å². The number of carbonyl (C=O) groups excluding carboxylic acids is 1. The van der Waals surface area contributed by atoms with Gasteiger partial charge in [0, 0.05) is 6.54 Å². The molecule has 0 saturated carbocycles. The van der Waals surface area contributed by atoms with Crippen LogP contribution in [0.1, 0.15) is 17.0 Å². The van der Waals surface area contributed by atoms with Gasteiger partial charge in [-0.15, -0.1) is 5.10 Å². The van der Waals surface area contributed by atoms with Crippen LogP contribution < -0.4 is 10.6 Å². The minimum atomic E-state index is -0.360. The predicted octanol–water partition coefficient (Wildman–Crippen LogP) is 3.02. The van der Waals surface area contributed by atoms with Gasteiger partial charge in [0.25, 0.3) is 0 Å². The highest BCUT2D eigenvalue weighted by Gasteiger charge is 2.09. The molecule has 122 valence electrons. The van der Waals surface area contributed by atoms with Crippen LogP contribution in [0, 0.1) is 0 Å². The molecule has 0 saturated heterocycles. The summed E-state index contributed by atoms with van der Waals surface area (Å²) in [6.45, 7) is 0.529. The Labute approximate surface area is 139 Å². The number of aromatic nitrogens is 2. The second kappa shape index (κ2) is 7.92. The van der Waals surface area contributed by atoms with Crippen molar-refractivity contribution in [2.75, 3.05) is 11.9 Å². The van der Waals surface area contributed by atoms with Gasteiger partial charge in [0.2, 0.25) is 5.89 Å². The van der Waals surface area contributed by atoms with Crippen LogP contribution in [0.2, 0.25) is 0 Å². The largest absolute Gasteiger partial charge is 0.407 e. The van der Waals surface area contributed by atoms with Gasteiger partial charge in [0.15, 0.2) is 0 Å². The predicted molar refractivity (Wildman–Crippen MR) is 90.7 cm³/mol. The summed E-state index contributed by atoms with van der Waals surface area (Å²) in [5.41, 5.74) is 2.24. The van der Waals surface area contributed by atoms with Crippen LogP contribution in [-0.4, -0.2) is 22.8 Å². The van der Waals surface area contributed by atoms with E-state index in [1.54, 1.807) is 0 Å². The molecule has 0 atom stereocenters. The molecule has 2 aromatic carbocycles. The van der Waals surface area contributed by atoms with Gasteiger partial charge >= 0.3 is 12.0 Å². The molecule has 0 aliphatic rings. The van der Waals surface area contributed by atoms with E-state index in [0.29, 0.717) is 18.9 Å². The number of nitrogens with zero attached hydrogens (tertiary/aromatic N) is 2. The molecule has 6 nitrogen and oxygen atoms in total. The van der Waals surface area contributed by atoms with E-state index in [-0.39, 0.29) is 12.0 Å². The van der Waals surface area contributed by atoms with Crippen molar-refractivity contribution in [3.05, 3.63) is 77.7 Å². The Kier molecular flexibility index (Phi) is 5.19. The molecular formula is C18H18N4O2. The smallest absolute Gasteiger partial charge is 0.323 e. The van der Waals surface area contributed by atoms with Crippen molar-refractivity contribution in [1.82, 2.24) is 15.5 Å². The number of hydrogen-bond donors (Lipinski definition) is 2. The fraction of sp³-hybridized carbons (Fsp3) is 0.167. The van der Waals surface area contributed by atoms with E-state index >= 15 is 0 Å². The Hall–Kier alpha value is -3.15. The van der Waals surface area contributed by atoms with Gasteiger partial charge in [0.05, 0.1) is 6.42 Å². The van der Waals surface area contributed by atoms with E-state index < -0.39 is 0 Å². The zero-order valence-electron chi connectivity index (χ0n) is 13.1. The molecule has 0 unspecified atom stereocenters. The van der Waals surface area contributed by atoms with Gasteiger partial charge in [-0.05, 0) is 17.5 Å². The van der Waals surface area contributed by atoms with Crippen molar-refractivity contribution < 1.29 is 9.21 Å². The Morgan fingerprint density at radius 2 is 1.58 bits per heavy atom. The molecule has 1 heterocycles. The lowest BCUT2D eigenvalue weighted by atomic mass is 10.1. The molecule has 1 aromatic heterocycles. The molecule has 2 amide bonds. The van der Waals surface area contributed by atoms with Gasteiger partial charge in [-0.25, -0.2) is 4.79 Å². The average Bonchev–Trinajstić information content (AvgIpc) is 3.03. The first-order valence-corrected chi connectivity index (χ1v) is 7.75. The molecule has 6 heteroatoms. The van der Waals surface area contributed by atoms with E-state index in [4.69, 9.17) is 4.42 Å². The number of hydrogen-bond acceptors (Lipinski definition) is 4. The van der Waals surface area contributed by atoms with E-state index in [9.17, 15) is 4.79 Å². The molecule has 0 bridgehead atoms. The van der Waals surface area contributed by atoms with E-state index in [1.807, 2.05) is 60.7 Å². The monoisotopic (exact) mass is 322 g/mol. The summed E-state index contributed by atoms with van der Waals surface area (Å²) in [7, 11) is 0. The van der Waals surface area contributed by atoms with E-state index in [0.717, 1.165) is 12.0 Å². The summed E-state index contributed by atoms with van der Waals surface area (Å²) >= 11 is 0. The van der Waals surface area contributed by atoms with Crippen LogP contribution in [-0.2, 0) is 12.8 Å². The Morgan fingerprint density at radius 3 is 2.29 bits per heavy atom. The van der Waals surface area contributed by atoms with Crippen molar-refractivity contribution in [3.8, 4) is 0 Å². The molecule has 0 spiro atoms. The lowest BCUT2D eigenvalue weighted by Crippen LogP contribution is -2.30. The van der Waals surface area contributed by atoms with Gasteiger partial charge in [0.1, 0.15) is 0 Å². The van der Waals surface area contributed by atoms with Gasteiger partial charge in [-0.3, -0.25) is 5.32 Å². The quantitative estimate of drug-likeness (QED) is 0.731. The molecule has 0 aliphatic heterocycles. The molecule has 0 aliphatic carbocycles. The summed E-state index contributed by atoms with van der Waals surface area (Å²) in [5.74, 6) is 0.459. The third-order valence-corrected chi connectivity index (χ3v) is 3.43. The first-order valence-electron chi connectivity index (χ1n) is 7.75. The van der Waals surface area contributed by atoms with Crippen molar-refractivity contribution in [1.29, 1.82) is 0 Å². The SMILES string of the molecule is O=C(NCCc1ccccc1)Nc1nnc(Cc2ccccc2)o1. The first kappa shape index (κ1) is 15.7. The van der Waals surface area contributed by atoms with Gasteiger partial charge in [-0.2, -0.15) is 0 Å². The van der Waals surface area contributed by atoms with Crippen molar-refractivity contribution in [3.63, 3.8) is 0 Å². The Morgan fingerprint density at radius 1 is 0.917 bits per heavy atom. The Balaban J connectivity index is 1.45. The summed E-state index contributed by atoms with van der Waals surface area (Å²) < 4.78 is 5.43. The van der Waals surface area contributed by atoms with Crippen LogP contribution in [0.15, 0.2) is 65.1 Å². The van der Waals surface area contributed by atoms with Crippen LogP contribution in [0.5, 0.6) is 0 Å². The lowest BCUT2D eigenvalue weighted by Gasteiger charge is -2.04. The lowest BCUT2D eigenvalue weighted by molar-refractivity contribution is 0.251. The van der Waals surface area contributed by atoms with Crippen LogP contribution in [0.25, 0.3) is 0 Å². The molecule has 2 N–H and O–H groups in total. The Bertz CT molecular complexity index is 772. The molecule has 3 rings (SSSR count). The van der Waals surface area contributed by atoms with Crippen molar-refractivity contribution in [2.24, 2.45) is 0 Å². The number of nitrogens with one attached hydrogen (secondary N) is 2. The molecule has 24 heavy (non-hydrogen) atoms. The first-order chi connectivity index (χ1) is 11.8. The fourth-order valence-corrected chi connectivity index (χ4v) is 2.25. The zero-order chi connectivity index (χ0) is 16.6. The molecule has 3 aromatic rings. The third-order valence-electron chi connectivity index (χ3n) is 3.43. The van der Waals surface area contributed by atoms with Gasteiger partial charge < -0.3 is 9.73 Å². The normalized spacial score (nSPS) is 10.3. The number of amides is 2.